The zero-order valence-electron chi connectivity index (χ0n) is 12.4. The molecule has 2 amide bonds. The van der Waals surface area contributed by atoms with Crippen LogP contribution in [-0.4, -0.2) is 24.9 Å². The number of hydrogen-bond donors (Lipinski definition) is 3. The molecule has 5 nitrogen and oxygen atoms in total. The normalized spacial score (nSPS) is 19.8. The molecule has 1 saturated heterocycles. The van der Waals surface area contributed by atoms with Crippen LogP contribution >= 0.6 is 0 Å². The van der Waals surface area contributed by atoms with Gasteiger partial charge in [0.15, 0.2) is 0 Å². The molecule has 0 aromatic heterocycles. The Morgan fingerprint density at radius 3 is 2.67 bits per heavy atom. The highest BCUT2D eigenvalue weighted by atomic mass is 16.2. The van der Waals surface area contributed by atoms with Crippen LogP contribution in [0.3, 0.4) is 0 Å². The van der Waals surface area contributed by atoms with Gasteiger partial charge in [-0.15, -0.1) is 0 Å². The molecular formula is C16H23N3O2. The molecule has 1 aliphatic rings. The van der Waals surface area contributed by atoms with Crippen molar-refractivity contribution in [2.75, 3.05) is 18.4 Å². The number of nitrogens with one attached hydrogen (secondary N) is 2. The average molecular weight is 289 g/mol. The van der Waals surface area contributed by atoms with Crippen LogP contribution in [0.4, 0.5) is 5.69 Å². The first-order valence-corrected chi connectivity index (χ1v) is 7.46. The largest absolute Gasteiger partial charge is 0.366 e. The molecule has 4 N–H and O–H groups in total. The number of piperidine rings is 1. The van der Waals surface area contributed by atoms with Crippen molar-refractivity contribution in [2.24, 2.45) is 17.6 Å². The number of amides is 2. The summed E-state index contributed by atoms with van der Waals surface area (Å²) >= 11 is 0. The fourth-order valence-corrected chi connectivity index (χ4v) is 2.75. The molecule has 2 unspecified atom stereocenters. The van der Waals surface area contributed by atoms with E-state index in [9.17, 15) is 9.59 Å². The molecule has 1 aromatic rings. The molecule has 1 aliphatic heterocycles. The molecule has 0 bridgehead atoms. The van der Waals surface area contributed by atoms with Gasteiger partial charge in [-0.05, 0) is 62.0 Å². The summed E-state index contributed by atoms with van der Waals surface area (Å²) in [7, 11) is 0. The van der Waals surface area contributed by atoms with E-state index in [-0.39, 0.29) is 5.91 Å². The maximum absolute atomic E-state index is 12.1. The van der Waals surface area contributed by atoms with E-state index in [1.54, 1.807) is 24.3 Å². The predicted molar refractivity (Wildman–Crippen MR) is 83.0 cm³/mol. The molecule has 0 spiro atoms. The molecule has 5 heteroatoms. The highest BCUT2D eigenvalue weighted by Crippen LogP contribution is 2.23. The third kappa shape index (κ3) is 4.56. The van der Waals surface area contributed by atoms with E-state index in [1.165, 1.54) is 12.8 Å². The van der Waals surface area contributed by atoms with Gasteiger partial charge in [-0.2, -0.15) is 0 Å². The number of anilines is 1. The van der Waals surface area contributed by atoms with Crippen LogP contribution in [0.15, 0.2) is 24.3 Å². The number of hydrogen-bond acceptors (Lipinski definition) is 3. The Labute approximate surface area is 125 Å². The molecule has 21 heavy (non-hydrogen) atoms. The topological polar surface area (TPSA) is 84.2 Å². The van der Waals surface area contributed by atoms with Gasteiger partial charge in [0.25, 0.3) is 0 Å². The van der Waals surface area contributed by atoms with E-state index in [4.69, 9.17) is 5.73 Å². The van der Waals surface area contributed by atoms with Crippen molar-refractivity contribution >= 4 is 17.5 Å². The standard InChI is InChI=1S/C16H23N3O2/c1-11(13-3-2-8-18-10-13)9-15(20)19-14-6-4-12(5-7-14)16(17)21/h4-7,11,13,18H,2-3,8-10H2,1H3,(H2,17,21)(H,19,20). The maximum atomic E-state index is 12.1. The van der Waals surface area contributed by atoms with Crippen molar-refractivity contribution in [1.29, 1.82) is 0 Å². The van der Waals surface area contributed by atoms with Crippen LogP contribution in [0.5, 0.6) is 0 Å². The summed E-state index contributed by atoms with van der Waals surface area (Å²) in [6.07, 6.45) is 2.89. The first-order chi connectivity index (χ1) is 10.1. The van der Waals surface area contributed by atoms with Crippen molar-refractivity contribution < 1.29 is 9.59 Å². The minimum Gasteiger partial charge on any atom is -0.366 e. The van der Waals surface area contributed by atoms with E-state index in [0.29, 0.717) is 29.5 Å². The number of rotatable bonds is 5. The zero-order valence-corrected chi connectivity index (χ0v) is 12.4. The van der Waals surface area contributed by atoms with Crippen LogP contribution in [0.2, 0.25) is 0 Å². The minimum atomic E-state index is -0.466. The molecular weight excluding hydrogens is 266 g/mol. The van der Waals surface area contributed by atoms with E-state index < -0.39 is 5.91 Å². The van der Waals surface area contributed by atoms with Crippen molar-refractivity contribution in [2.45, 2.75) is 26.2 Å². The first kappa shape index (κ1) is 15.5. The summed E-state index contributed by atoms with van der Waals surface area (Å²) in [4.78, 5) is 23.0. The van der Waals surface area contributed by atoms with Crippen molar-refractivity contribution in [3.63, 3.8) is 0 Å². The summed E-state index contributed by atoms with van der Waals surface area (Å²) in [5.74, 6) is 0.482. The fourth-order valence-electron chi connectivity index (χ4n) is 2.75. The van der Waals surface area contributed by atoms with Crippen LogP contribution in [0, 0.1) is 11.8 Å². The van der Waals surface area contributed by atoms with Crippen LogP contribution in [0.25, 0.3) is 0 Å². The first-order valence-electron chi connectivity index (χ1n) is 7.46. The Hall–Kier alpha value is -1.88. The number of carbonyl (C=O) groups is 2. The molecule has 1 heterocycles. The van der Waals surface area contributed by atoms with Gasteiger partial charge in [0, 0.05) is 17.7 Å². The summed E-state index contributed by atoms with van der Waals surface area (Å²) in [5, 5.41) is 6.25. The van der Waals surface area contributed by atoms with Gasteiger partial charge in [-0.25, -0.2) is 0 Å². The van der Waals surface area contributed by atoms with Gasteiger partial charge >= 0.3 is 0 Å². The summed E-state index contributed by atoms with van der Waals surface area (Å²) in [6.45, 7) is 4.22. The third-order valence-corrected chi connectivity index (χ3v) is 4.10. The van der Waals surface area contributed by atoms with Gasteiger partial charge in [0.1, 0.15) is 0 Å². The highest BCUT2D eigenvalue weighted by molar-refractivity contribution is 5.94. The van der Waals surface area contributed by atoms with Gasteiger partial charge in [-0.1, -0.05) is 6.92 Å². The Morgan fingerprint density at radius 2 is 2.10 bits per heavy atom. The van der Waals surface area contributed by atoms with Gasteiger partial charge in [0.05, 0.1) is 0 Å². The number of benzene rings is 1. The van der Waals surface area contributed by atoms with E-state index in [0.717, 1.165) is 13.1 Å². The third-order valence-electron chi connectivity index (χ3n) is 4.10. The Balaban J connectivity index is 1.84. The lowest BCUT2D eigenvalue weighted by Crippen LogP contribution is -2.34. The monoisotopic (exact) mass is 289 g/mol. The number of primary amides is 1. The average Bonchev–Trinajstić information content (AvgIpc) is 2.48. The molecule has 1 fully saturated rings. The number of carbonyl (C=O) groups excluding carboxylic acids is 2. The summed E-state index contributed by atoms with van der Waals surface area (Å²) < 4.78 is 0. The lowest BCUT2D eigenvalue weighted by atomic mass is 9.85. The Kier molecular flexibility index (Phi) is 5.33. The van der Waals surface area contributed by atoms with Gasteiger partial charge in [-0.3, -0.25) is 9.59 Å². The molecule has 0 saturated carbocycles. The molecule has 0 aliphatic carbocycles. The molecule has 114 valence electrons. The second-order valence-corrected chi connectivity index (χ2v) is 5.78. The van der Waals surface area contributed by atoms with Crippen molar-refractivity contribution in [1.82, 2.24) is 5.32 Å². The van der Waals surface area contributed by atoms with Crippen LogP contribution in [0.1, 0.15) is 36.5 Å². The Bertz CT molecular complexity index is 493. The van der Waals surface area contributed by atoms with Crippen molar-refractivity contribution in [3.05, 3.63) is 29.8 Å². The minimum absolute atomic E-state index is 0.0138. The number of nitrogens with two attached hydrogens (primary N) is 1. The summed E-state index contributed by atoms with van der Waals surface area (Å²) in [5.41, 5.74) is 6.31. The lowest BCUT2D eigenvalue weighted by Gasteiger charge is -2.28. The van der Waals surface area contributed by atoms with Gasteiger partial charge < -0.3 is 16.4 Å². The quantitative estimate of drug-likeness (QED) is 0.772. The van der Waals surface area contributed by atoms with E-state index in [2.05, 4.69) is 17.6 Å². The second-order valence-electron chi connectivity index (χ2n) is 5.78. The molecule has 0 radical (unpaired) electrons. The van der Waals surface area contributed by atoms with E-state index in [1.807, 2.05) is 0 Å². The van der Waals surface area contributed by atoms with Crippen LogP contribution in [-0.2, 0) is 4.79 Å². The maximum Gasteiger partial charge on any atom is 0.248 e. The predicted octanol–water partition coefficient (Wildman–Crippen LogP) is 1.75. The smallest absolute Gasteiger partial charge is 0.248 e. The fraction of sp³-hybridized carbons (Fsp3) is 0.500. The van der Waals surface area contributed by atoms with Crippen LogP contribution < -0.4 is 16.4 Å². The molecule has 2 rings (SSSR count). The zero-order chi connectivity index (χ0) is 15.2. The van der Waals surface area contributed by atoms with Crippen molar-refractivity contribution in [3.8, 4) is 0 Å². The highest BCUT2D eigenvalue weighted by Gasteiger charge is 2.21. The lowest BCUT2D eigenvalue weighted by molar-refractivity contribution is -0.117. The molecule has 2 atom stereocenters. The van der Waals surface area contributed by atoms with Gasteiger partial charge in [0.2, 0.25) is 11.8 Å². The van der Waals surface area contributed by atoms with E-state index >= 15 is 0 Å². The summed E-state index contributed by atoms with van der Waals surface area (Å²) in [6, 6.07) is 6.63. The second kappa shape index (κ2) is 7.22. The molecule has 1 aromatic carbocycles. The SMILES string of the molecule is CC(CC(=O)Nc1ccc(C(N)=O)cc1)C1CCCNC1. The Morgan fingerprint density at radius 1 is 1.38 bits per heavy atom.